The molecule has 7 nitrogen and oxygen atoms in total. The predicted octanol–water partition coefficient (Wildman–Crippen LogP) is 6.80. The van der Waals surface area contributed by atoms with Crippen molar-refractivity contribution in [1.29, 1.82) is 0 Å². The summed E-state index contributed by atoms with van der Waals surface area (Å²) in [5.74, 6) is 1.67. The van der Waals surface area contributed by atoms with Crippen molar-refractivity contribution in [2.24, 2.45) is 0 Å². The SMILES string of the molecule is COc1ccccc1COc1cc(-c2ccccc2)nc(-c2ccc3cc(OCCCC(=O)O)ccc3c2)n1. The van der Waals surface area contributed by atoms with Gasteiger partial charge in [-0.15, -0.1) is 0 Å². The third-order valence-electron chi connectivity index (χ3n) is 6.21. The lowest BCUT2D eigenvalue weighted by Gasteiger charge is -2.12. The molecule has 0 saturated carbocycles. The van der Waals surface area contributed by atoms with Gasteiger partial charge in [-0.1, -0.05) is 66.7 Å². The summed E-state index contributed by atoms with van der Waals surface area (Å²) in [7, 11) is 1.64. The van der Waals surface area contributed by atoms with Crippen molar-refractivity contribution in [2.45, 2.75) is 19.4 Å². The van der Waals surface area contributed by atoms with Crippen LogP contribution in [0, 0.1) is 0 Å². The number of nitrogens with zero attached hydrogens (tertiary/aromatic N) is 2. The maximum absolute atomic E-state index is 10.7. The van der Waals surface area contributed by atoms with Crippen molar-refractivity contribution >= 4 is 16.7 Å². The lowest BCUT2D eigenvalue weighted by Crippen LogP contribution is -2.02. The van der Waals surface area contributed by atoms with Crippen LogP contribution in [0.1, 0.15) is 18.4 Å². The van der Waals surface area contributed by atoms with Crippen LogP contribution in [0.5, 0.6) is 17.4 Å². The number of hydrogen-bond acceptors (Lipinski definition) is 6. The zero-order valence-corrected chi connectivity index (χ0v) is 21.5. The zero-order chi connectivity index (χ0) is 27.0. The van der Waals surface area contributed by atoms with Gasteiger partial charge in [0, 0.05) is 29.2 Å². The Bertz CT molecular complexity index is 1590. The third-order valence-corrected chi connectivity index (χ3v) is 6.21. The molecular formula is C32H28N2O5. The van der Waals surface area contributed by atoms with Gasteiger partial charge in [0.15, 0.2) is 5.82 Å². The highest BCUT2D eigenvalue weighted by Crippen LogP contribution is 2.30. The van der Waals surface area contributed by atoms with E-state index in [9.17, 15) is 4.79 Å². The smallest absolute Gasteiger partial charge is 0.303 e. The van der Waals surface area contributed by atoms with Gasteiger partial charge >= 0.3 is 5.97 Å². The molecule has 0 unspecified atom stereocenters. The second-order valence-electron chi connectivity index (χ2n) is 8.95. The van der Waals surface area contributed by atoms with Crippen molar-refractivity contribution in [3.63, 3.8) is 0 Å². The first-order chi connectivity index (χ1) is 19.1. The molecule has 0 spiro atoms. The summed E-state index contributed by atoms with van der Waals surface area (Å²) in [5, 5.41) is 10.8. The van der Waals surface area contributed by atoms with E-state index >= 15 is 0 Å². The molecular weight excluding hydrogens is 492 g/mol. The number of para-hydroxylation sites is 1. The van der Waals surface area contributed by atoms with Crippen LogP contribution < -0.4 is 14.2 Å². The van der Waals surface area contributed by atoms with Gasteiger partial charge in [0.2, 0.25) is 5.88 Å². The van der Waals surface area contributed by atoms with E-state index < -0.39 is 5.97 Å². The van der Waals surface area contributed by atoms with E-state index in [2.05, 4.69) is 0 Å². The summed E-state index contributed by atoms with van der Waals surface area (Å²) in [4.78, 5) is 20.3. The number of methoxy groups -OCH3 is 1. The van der Waals surface area contributed by atoms with Crippen LogP contribution in [0.4, 0.5) is 0 Å². The summed E-state index contributed by atoms with van der Waals surface area (Å²) in [5.41, 5.74) is 3.51. The number of carboxylic acids is 1. The second kappa shape index (κ2) is 12.1. The lowest BCUT2D eigenvalue weighted by atomic mass is 10.1. The fourth-order valence-corrected chi connectivity index (χ4v) is 4.22. The molecule has 5 rings (SSSR count). The molecule has 1 heterocycles. The Balaban J connectivity index is 1.43. The molecule has 0 amide bonds. The Hall–Kier alpha value is -4.91. The second-order valence-corrected chi connectivity index (χ2v) is 8.95. The van der Waals surface area contributed by atoms with Crippen LogP contribution >= 0.6 is 0 Å². The fourth-order valence-electron chi connectivity index (χ4n) is 4.22. The standard InChI is InChI=1S/C32H28N2O5/c1-37-29-11-6-5-10-26(29)21-39-30-20-28(22-8-3-2-4-9-22)33-32(34-30)25-14-13-24-19-27(16-15-23(24)18-25)38-17-7-12-31(35)36/h2-6,8-11,13-16,18-20H,7,12,17,21H2,1H3,(H,35,36). The van der Waals surface area contributed by atoms with Crippen LogP contribution in [0.3, 0.4) is 0 Å². The number of hydrogen-bond donors (Lipinski definition) is 1. The Kier molecular flexibility index (Phi) is 7.98. The summed E-state index contributed by atoms with van der Waals surface area (Å²) >= 11 is 0. The first kappa shape index (κ1) is 25.7. The Morgan fingerprint density at radius 3 is 2.38 bits per heavy atom. The molecule has 4 aromatic carbocycles. The normalized spacial score (nSPS) is 10.8. The number of aromatic nitrogens is 2. The quantitative estimate of drug-likeness (QED) is 0.192. The van der Waals surface area contributed by atoms with Gasteiger partial charge in [-0.25, -0.2) is 4.98 Å². The zero-order valence-electron chi connectivity index (χ0n) is 21.5. The molecule has 196 valence electrons. The average Bonchev–Trinajstić information content (AvgIpc) is 2.98. The molecule has 39 heavy (non-hydrogen) atoms. The van der Waals surface area contributed by atoms with E-state index in [4.69, 9.17) is 29.3 Å². The summed E-state index contributed by atoms with van der Waals surface area (Å²) in [6, 6.07) is 31.4. The largest absolute Gasteiger partial charge is 0.496 e. The maximum atomic E-state index is 10.7. The number of fused-ring (bicyclic) bond motifs is 1. The molecule has 1 N–H and O–H groups in total. The number of aliphatic carboxylic acids is 1. The molecule has 7 heteroatoms. The summed E-state index contributed by atoms with van der Waals surface area (Å²) in [6.45, 7) is 0.662. The van der Waals surface area contributed by atoms with E-state index in [0.29, 0.717) is 37.1 Å². The number of benzene rings is 4. The van der Waals surface area contributed by atoms with Crippen LogP contribution in [0.25, 0.3) is 33.4 Å². The lowest BCUT2D eigenvalue weighted by molar-refractivity contribution is -0.137. The van der Waals surface area contributed by atoms with E-state index in [0.717, 1.165) is 38.9 Å². The molecule has 0 fully saturated rings. The topological polar surface area (TPSA) is 90.8 Å². The first-order valence-corrected chi connectivity index (χ1v) is 12.7. The average molecular weight is 521 g/mol. The van der Waals surface area contributed by atoms with Crippen molar-refractivity contribution in [3.8, 4) is 40.0 Å². The van der Waals surface area contributed by atoms with Gasteiger partial charge in [0.25, 0.3) is 0 Å². The third kappa shape index (κ3) is 6.51. The summed E-state index contributed by atoms with van der Waals surface area (Å²) in [6.07, 6.45) is 0.548. The Labute approximate surface area is 226 Å². The molecule has 5 aromatic rings. The van der Waals surface area contributed by atoms with Gasteiger partial charge in [-0.3, -0.25) is 4.79 Å². The number of ether oxygens (including phenoxy) is 3. The number of carbonyl (C=O) groups is 1. The van der Waals surface area contributed by atoms with Gasteiger partial charge < -0.3 is 19.3 Å². The molecule has 0 aliphatic rings. The molecule has 1 aromatic heterocycles. The Morgan fingerprint density at radius 1 is 0.795 bits per heavy atom. The molecule has 0 saturated heterocycles. The molecule has 0 bridgehead atoms. The van der Waals surface area contributed by atoms with Gasteiger partial charge in [-0.2, -0.15) is 4.98 Å². The molecule has 0 atom stereocenters. The number of rotatable bonds is 11. The predicted molar refractivity (Wildman–Crippen MR) is 150 cm³/mol. The van der Waals surface area contributed by atoms with Crippen LogP contribution in [-0.4, -0.2) is 34.8 Å². The monoisotopic (exact) mass is 520 g/mol. The van der Waals surface area contributed by atoms with Crippen LogP contribution in [0.15, 0.2) is 97.1 Å². The minimum atomic E-state index is -0.823. The van der Waals surface area contributed by atoms with Crippen LogP contribution in [-0.2, 0) is 11.4 Å². The molecule has 0 radical (unpaired) electrons. The minimum Gasteiger partial charge on any atom is -0.496 e. The highest BCUT2D eigenvalue weighted by atomic mass is 16.5. The minimum absolute atomic E-state index is 0.0869. The van der Waals surface area contributed by atoms with E-state index in [-0.39, 0.29) is 6.42 Å². The van der Waals surface area contributed by atoms with E-state index in [1.807, 2.05) is 97.1 Å². The van der Waals surface area contributed by atoms with Crippen molar-refractivity contribution in [3.05, 3.63) is 103 Å². The first-order valence-electron chi connectivity index (χ1n) is 12.7. The summed E-state index contributed by atoms with van der Waals surface area (Å²) < 4.78 is 17.3. The fraction of sp³-hybridized carbons (Fsp3) is 0.156. The maximum Gasteiger partial charge on any atom is 0.303 e. The van der Waals surface area contributed by atoms with Crippen molar-refractivity contribution in [2.75, 3.05) is 13.7 Å². The molecule has 0 aliphatic heterocycles. The van der Waals surface area contributed by atoms with Gasteiger partial charge in [0.05, 0.1) is 19.4 Å². The van der Waals surface area contributed by atoms with Gasteiger partial charge in [0.1, 0.15) is 18.1 Å². The van der Waals surface area contributed by atoms with Gasteiger partial charge in [-0.05, 0) is 41.5 Å². The highest BCUT2D eigenvalue weighted by molar-refractivity contribution is 5.87. The van der Waals surface area contributed by atoms with E-state index in [1.165, 1.54) is 0 Å². The highest BCUT2D eigenvalue weighted by Gasteiger charge is 2.12. The van der Waals surface area contributed by atoms with Crippen LogP contribution in [0.2, 0.25) is 0 Å². The van der Waals surface area contributed by atoms with E-state index in [1.54, 1.807) is 7.11 Å². The van der Waals surface area contributed by atoms with Crippen molar-refractivity contribution < 1.29 is 24.1 Å². The molecule has 0 aliphatic carbocycles. The van der Waals surface area contributed by atoms with Crippen molar-refractivity contribution in [1.82, 2.24) is 9.97 Å². The number of carboxylic acid groups (broad SMARTS) is 1. The Morgan fingerprint density at radius 2 is 1.56 bits per heavy atom.